The molecule has 1 N–H and O–H groups in total. The van der Waals surface area contributed by atoms with Gasteiger partial charge in [-0.25, -0.2) is 0 Å². The van der Waals surface area contributed by atoms with Crippen LogP contribution in [0.2, 0.25) is 0 Å². The van der Waals surface area contributed by atoms with E-state index in [1.165, 1.54) is 0 Å². The summed E-state index contributed by atoms with van der Waals surface area (Å²) in [5.74, 6) is -1.51. The Morgan fingerprint density at radius 2 is 2.10 bits per heavy atom. The van der Waals surface area contributed by atoms with Crippen molar-refractivity contribution < 1.29 is 19.4 Å². The zero-order chi connectivity index (χ0) is 14.1. The van der Waals surface area contributed by atoms with Crippen LogP contribution in [0, 0.1) is 5.92 Å². The van der Waals surface area contributed by atoms with Gasteiger partial charge in [0.1, 0.15) is 6.10 Å². The van der Waals surface area contributed by atoms with Crippen LogP contribution < -0.4 is 4.90 Å². The van der Waals surface area contributed by atoms with Gasteiger partial charge >= 0.3 is 5.97 Å². The van der Waals surface area contributed by atoms with Crippen molar-refractivity contribution in [3.05, 3.63) is 29.8 Å². The molecule has 2 aliphatic rings. The largest absolute Gasteiger partial charge is 0.481 e. The zero-order valence-electron chi connectivity index (χ0n) is 11.1. The van der Waals surface area contributed by atoms with Crippen molar-refractivity contribution in [3.63, 3.8) is 0 Å². The first-order valence-electron chi connectivity index (χ1n) is 6.90. The molecule has 1 amide bonds. The molecule has 0 aliphatic carbocycles. The molecule has 3 rings (SSSR count). The fourth-order valence-electron chi connectivity index (χ4n) is 2.92. The minimum absolute atomic E-state index is 0.110. The summed E-state index contributed by atoms with van der Waals surface area (Å²) in [5, 5.41) is 9.26. The molecule has 2 unspecified atom stereocenters. The quantitative estimate of drug-likeness (QED) is 0.887. The molecular formula is C15H17NO4. The van der Waals surface area contributed by atoms with Crippen LogP contribution in [0.15, 0.2) is 24.3 Å². The number of hydrogen-bond acceptors (Lipinski definition) is 3. The molecule has 5 nitrogen and oxygen atoms in total. The number of carbonyl (C=O) groups is 2. The third-order valence-electron chi connectivity index (χ3n) is 3.97. The Kier molecular flexibility index (Phi) is 3.44. The molecule has 2 atom stereocenters. The number of nitrogens with zero attached hydrogens (tertiary/aromatic N) is 1. The van der Waals surface area contributed by atoms with Gasteiger partial charge in [-0.1, -0.05) is 18.2 Å². The summed E-state index contributed by atoms with van der Waals surface area (Å²) >= 11 is 0. The van der Waals surface area contributed by atoms with Crippen LogP contribution in [0.3, 0.4) is 0 Å². The first kappa shape index (κ1) is 13.1. The van der Waals surface area contributed by atoms with Gasteiger partial charge < -0.3 is 14.7 Å². The number of carboxylic acids is 1. The van der Waals surface area contributed by atoms with Crippen LogP contribution in [-0.4, -0.2) is 36.2 Å². The zero-order valence-corrected chi connectivity index (χ0v) is 11.1. The molecule has 0 saturated carbocycles. The Labute approximate surface area is 117 Å². The van der Waals surface area contributed by atoms with Gasteiger partial charge in [-0.05, 0) is 30.9 Å². The minimum atomic E-state index is -0.857. The predicted octanol–water partition coefficient (Wildman–Crippen LogP) is 1.46. The van der Waals surface area contributed by atoms with Crippen molar-refractivity contribution in [3.8, 4) is 0 Å². The molecule has 0 aromatic heterocycles. The highest BCUT2D eigenvalue weighted by Gasteiger charge is 2.36. The van der Waals surface area contributed by atoms with Crippen molar-refractivity contribution >= 4 is 17.6 Å². The molecule has 0 spiro atoms. The molecule has 106 valence electrons. The summed E-state index contributed by atoms with van der Waals surface area (Å²) in [6.45, 7) is 0.833. The van der Waals surface area contributed by atoms with Crippen LogP contribution in [0.4, 0.5) is 5.69 Å². The van der Waals surface area contributed by atoms with Crippen LogP contribution in [0.25, 0.3) is 0 Å². The highest BCUT2D eigenvalue weighted by atomic mass is 16.5. The minimum Gasteiger partial charge on any atom is -0.481 e. The Morgan fingerprint density at radius 3 is 2.80 bits per heavy atom. The molecule has 1 aromatic rings. The lowest BCUT2D eigenvalue weighted by Crippen LogP contribution is -2.46. The number of aliphatic carboxylic acids is 1. The lowest BCUT2D eigenvalue weighted by atomic mass is 9.92. The second-order valence-corrected chi connectivity index (χ2v) is 5.32. The van der Waals surface area contributed by atoms with Gasteiger partial charge in [0.2, 0.25) is 0 Å². The van der Waals surface area contributed by atoms with Crippen molar-refractivity contribution in [2.75, 3.05) is 18.1 Å². The van der Waals surface area contributed by atoms with E-state index >= 15 is 0 Å². The number of rotatable bonds is 2. The molecule has 5 heteroatoms. The average Bonchev–Trinajstić information content (AvgIpc) is 2.99. The Bertz CT molecular complexity index is 536. The summed E-state index contributed by atoms with van der Waals surface area (Å²) < 4.78 is 5.44. The van der Waals surface area contributed by atoms with Crippen molar-refractivity contribution in [2.24, 2.45) is 5.92 Å². The van der Waals surface area contributed by atoms with Gasteiger partial charge in [0.05, 0.1) is 5.92 Å². The first-order valence-corrected chi connectivity index (χ1v) is 6.90. The lowest BCUT2D eigenvalue weighted by molar-refractivity contribution is -0.141. The van der Waals surface area contributed by atoms with Crippen molar-refractivity contribution in [1.82, 2.24) is 0 Å². The number of para-hydroxylation sites is 1. The van der Waals surface area contributed by atoms with Gasteiger partial charge in [-0.2, -0.15) is 0 Å². The number of benzene rings is 1. The number of amides is 1. The van der Waals surface area contributed by atoms with Gasteiger partial charge in [0.15, 0.2) is 0 Å². The molecule has 1 aromatic carbocycles. The number of fused-ring (bicyclic) bond motifs is 1. The summed E-state index contributed by atoms with van der Waals surface area (Å²) in [6, 6.07) is 7.51. The molecule has 2 heterocycles. The Morgan fingerprint density at radius 1 is 1.30 bits per heavy atom. The van der Waals surface area contributed by atoms with E-state index < -0.39 is 18.0 Å². The van der Waals surface area contributed by atoms with Crippen LogP contribution in [0.1, 0.15) is 18.4 Å². The summed E-state index contributed by atoms with van der Waals surface area (Å²) in [7, 11) is 0. The summed E-state index contributed by atoms with van der Waals surface area (Å²) in [5.41, 5.74) is 1.74. The summed E-state index contributed by atoms with van der Waals surface area (Å²) in [6.07, 6.45) is 1.65. The molecule has 0 bridgehead atoms. The monoisotopic (exact) mass is 275 g/mol. The first-order chi connectivity index (χ1) is 9.66. The highest BCUT2D eigenvalue weighted by Crippen LogP contribution is 2.31. The van der Waals surface area contributed by atoms with Crippen molar-refractivity contribution in [1.29, 1.82) is 0 Å². The number of ether oxygens (including phenoxy) is 1. The van der Waals surface area contributed by atoms with E-state index in [1.807, 2.05) is 24.3 Å². The van der Waals surface area contributed by atoms with E-state index in [4.69, 9.17) is 4.74 Å². The van der Waals surface area contributed by atoms with Crippen molar-refractivity contribution in [2.45, 2.75) is 25.4 Å². The van der Waals surface area contributed by atoms with Crippen LogP contribution in [0.5, 0.6) is 0 Å². The molecule has 2 aliphatic heterocycles. The molecule has 1 saturated heterocycles. The van der Waals surface area contributed by atoms with E-state index in [1.54, 1.807) is 4.90 Å². The molecule has 20 heavy (non-hydrogen) atoms. The molecular weight excluding hydrogens is 258 g/mol. The third kappa shape index (κ3) is 2.29. The Hall–Kier alpha value is -1.88. The maximum atomic E-state index is 12.5. The Balaban J connectivity index is 1.91. The fraction of sp³-hybridized carbons (Fsp3) is 0.467. The maximum absolute atomic E-state index is 12.5. The van der Waals surface area contributed by atoms with Gasteiger partial charge in [0.25, 0.3) is 5.91 Å². The lowest BCUT2D eigenvalue weighted by Gasteiger charge is -2.34. The highest BCUT2D eigenvalue weighted by molar-refractivity contribution is 5.98. The molecule has 1 fully saturated rings. The van der Waals surface area contributed by atoms with Gasteiger partial charge in [0, 0.05) is 18.8 Å². The summed E-state index contributed by atoms with van der Waals surface area (Å²) in [4.78, 5) is 25.4. The fourth-order valence-corrected chi connectivity index (χ4v) is 2.92. The van der Waals surface area contributed by atoms with E-state index in [0.29, 0.717) is 13.0 Å². The number of anilines is 1. The smallest absolute Gasteiger partial charge is 0.308 e. The van der Waals surface area contributed by atoms with E-state index in [2.05, 4.69) is 0 Å². The maximum Gasteiger partial charge on any atom is 0.308 e. The number of carbonyl (C=O) groups excluding carboxylic acids is 1. The molecule has 0 radical (unpaired) electrons. The second-order valence-electron chi connectivity index (χ2n) is 5.32. The number of carboxylic acid groups (broad SMARTS) is 1. The number of hydrogen-bond donors (Lipinski definition) is 1. The van der Waals surface area contributed by atoms with E-state index in [0.717, 1.165) is 24.1 Å². The van der Waals surface area contributed by atoms with Crippen LogP contribution >= 0.6 is 0 Å². The SMILES string of the molecule is O=C(O)C1Cc2ccccc2N(C(=O)C2CCCO2)C1. The van der Waals surface area contributed by atoms with Crippen LogP contribution in [-0.2, 0) is 20.7 Å². The average molecular weight is 275 g/mol. The standard InChI is InChI=1S/C15H17NO4/c17-14(13-6-3-7-20-13)16-9-11(15(18)19)8-10-4-1-2-5-12(10)16/h1-2,4-5,11,13H,3,6-9H2,(H,18,19). The van der Waals surface area contributed by atoms with Gasteiger partial charge in [-0.15, -0.1) is 0 Å². The topological polar surface area (TPSA) is 66.8 Å². The predicted molar refractivity (Wildman–Crippen MR) is 72.6 cm³/mol. The second kappa shape index (κ2) is 5.25. The van der Waals surface area contributed by atoms with Gasteiger partial charge in [-0.3, -0.25) is 9.59 Å². The van der Waals surface area contributed by atoms with E-state index in [-0.39, 0.29) is 12.5 Å². The normalized spacial score (nSPS) is 25.3. The third-order valence-corrected chi connectivity index (χ3v) is 3.97. The van der Waals surface area contributed by atoms with E-state index in [9.17, 15) is 14.7 Å².